The second-order valence-corrected chi connectivity index (χ2v) is 7.40. The topological polar surface area (TPSA) is 73.3 Å². The molecule has 0 saturated carbocycles. The minimum absolute atomic E-state index is 0.229. The molecule has 1 amide bonds. The lowest BCUT2D eigenvalue weighted by Gasteiger charge is -2.03. The van der Waals surface area contributed by atoms with E-state index >= 15 is 0 Å². The quantitative estimate of drug-likeness (QED) is 0.486. The first-order valence-electron chi connectivity index (χ1n) is 7.72. The minimum atomic E-state index is -0.229. The largest absolute Gasteiger partial charge is 0.497 e. The Labute approximate surface area is 159 Å². The number of aromatic nitrogens is 2. The van der Waals surface area contributed by atoms with Crippen LogP contribution in [-0.4, -0.2) is 30.3 Å². The van der Waals surface area contributed by atoms with Crippen LogP contribution in [0.3, 0.4) is 0 Å². The van der Waals surface area contributed by atoms with Crippen molar-refractivity contribution in [3.05, 3.63) is 59.7 Å². The summed E-state index contributed by atoms with van der Waals surface area (Å²) in [6.07, 6.45) is 0. The molecule has 1 N–H and O–H groups in total. The summed E-state index contributed by atoms with van der Waals surface area (Å²) in [6, 6.07) is 14.8. The van der Waals surface area contributed by atoms with E-state index in [1.807, 2.05) is 24.3 Å². The molecule has 0 fully saturated rings. The van der Waals surface area contributed by atoms with Crippen LogP contribution < -0.4 is 14.8 Å². The van der Waals surface area contributed by atoms with Crippen LogP contribution in [0.1, 0.15) is 15.9 Å². The van der Waals surface area contributed by atoms with E-state index < -0.39 is 0 Å². The molecule has 0 aliphatic rings. The fourth-order valence-corrected chi connectivity index (χ4v) is 3.83. The first kappa shape index (κ1) is 18.2. The first-order chi connectivity index (χ1) is 12.7. The highest BCUT2D eigenvalue weighted by atomic mass is 32.2. The normalized spacial score (nSPS) is 10.4. The molecular formula is C18H17N3O3S2. The summed E-state index contributed by atoms with van der Waals surface area (Å²) in [5, 5.41) is 11.4. The molecule has 1 heterocycles. The fraction of sp³-hybridized carbons (Fsp3) is 0.167. The van der Waals surface area contributed by atoms with Gasteiger partial charge in [-0.1, -0.05) is 35.2 Å². The Hall–Kier alpha value is -2.58. The molecule has 0 bridgehead atoms. The van der Waals surface area contributed by atoms with E-state index in [0.29, 0.717) is 16.4 Å². The Bertz CT molecular complexity index is 881. The van der Waals surface area contributed by atoms with Gasteiger partial charge >= 0.3 is 0 Å². The van der Waals surface area contributed by atoms with Crippen molar-refractivity contribution in [1.29, 1.82) is 0 Å². The minimum Gasteiger partial charge on any atom is -0.497 e. The zero-order chi connectivity index (χ0) is 18.4. The predicted molar refractivity (Wildman–Crippen MR) is 103 cm³/mol. The van der Waals surface area contributed by atoms with Gasteiger partial charge in [0.25, 0.3) is 5.91 Å². The van der Waals surface area contributed by atoms with E-state index in [-0.39, 0.29) is 5.91 Å². The van der Waals surface area contributed by atoms with Crippen molar-refractivity contribution in [2.75, 3.05) is 19.5 Å². The number of nitrogens with one attached hydrogen (secondary N) is 1. The summed E-state index contributed by atoms with van der Waals surface area (Å²) in [5.74, 6) is 2.05. The highest BCUT2D eigenvalue weighted by molar-refractivity contribution is 8.00. The molecule has 1 aromatic heterocycles. The van der Waals surface area contributed by atoms with Crippen LogP contribution in [0.15, 0.2) is 52.9 Å². The number of carbonyl (C=O) groups is 1. The van der Waals surface area contributed by atoms with Crippen molar-refractivity contribution in [3.8, 4) is 11.5 Å². The predicted octanol–water partition coefficient (Wildman–Crippen LogP) is 4.10. The Kier molecular flexibility index (Phi) is 6.08. The van der Waals surface area contributed by atoms with Crippen molar-refractivity contribution < 1.29 is 14.3 Å². The molecule has 134 valence electrons. The zero-order valence-electron chi connectivity index (χ0n) is 14.3. The Balaban J connectivity index is 1.57. The van der Waals surface area contributed by atoms with Gasteiger partial charge in [-0.05, 0) is 42.0 Å². The summed E-state index contributed by atoms with van der Waals surface area (Å²) in [6.45, 7) is 0. The summed E-state index contributed by atoms with van der Waals surface area (Å²) in [7, 11) is 3.23. The second-order valence-electron chi connectivity index (χ2n) is 5.20. The van der Waals surface area contributed by atoms with E-state index in [4.69, 9.17) is 9.47 Å². The van der Waals surface area contributed by atoms with Gasteiger partial charge in [0, 0.05) is 11.3 Å². The first-order valence-corrected chi connectivity index (χ1v) is 9.53. The number of benzene rings is 2. The number of nitrogens with zero attached hydrogens (tertiary/aromatic N) is 2. The number of anilines is 1. The SMILES string of the molecule is COc1ccc(C(=O)Nc2nnc(SCc3cccc(OC)c3)s2)cc1. The van der Waals surface area contributed by atoms with E-state index in [1.165, 1.54) is 11.3 Å². The van der Waals surface area contributed by atoms with Gasteiger partial charge in [0.15, 0.2) is 4.34 Å². The van der Waals surface area contributed by atoms with Gasteiger partial charge in [-0.3, -0.25) is 10.1 Å². The number of hydrogen-bond acceptors (Lipinski definition) is 7. The maximum atomic E-state index is 12.2. The molecule has 0 aliphatic carbocycles. The summed E-state index contributed by atoms with van der Waals surface area (Å²) < 4.78 is 11.1. The lowest BCUT2D eigenvalue weighted by molar-refractivity contribution is 0.102. The van der Waals surface area contributed by atoms with E-state index in [2.05, 4.69) is 15.5 Å². The molecule has 8 heteroatoms. The lowest BCUT2D eigenvalue weighted by Crippen LogP contribution is -2.11. The van der Waals surface area contributed by atoms with Gasteiger partial charge in [-0.2, -0.15) is 0 Å². The molecule has 0 radical (unpaired) electrons. The van der Waals surface area contributed by atoms with Crippen LogP contribution in [0.5, 0.6) is 11.5 Å². The molecule has 3 rings (SSSR count). The molecule has 0 unspecified atom stereocenters. The smallest absolute Gasteiger partial charge is 0.257 e. The van der Waals surface area contributed by atoms with Crippen LogP contribution in [-0.2, 0) is 5.75 Å². The van der Waals surface area contributed by atoms with Crippen molar-refractivity contribution in [1.82, 2.24) is 10.2 Å². The highest BCUT2D eigenvalue weighted by Gasteiger charge is 2.11. The van der Waals surface area contributed by atoms with Crippen molar-refractivity contribution in [2.24, 2.45) is 0 Å². The third kappa shape index (κ3) is 4.74. The Morgan fingerprint density at radius 3 is 2.58 bits per heavy atom. The maximum Gasteiger partial charge on any atom is 0.257 e. The summed E-state index contributed by atoms with van der Waals surface area (Å²) >= 11 is 2.91. The molecule has 0 spiro atoms. The molecule has 6 nitrogen and oxygen atoms in total. The second kappa shape index (κ2) is 8.68. The average Bonchev–Trinajstić information content (AvgIpc) is 3.14. The molecule has 0 aliphatic heterocycles. The van der Waals surface area contributed by atoms with Crippen molar-refractivity contribution in [2.45, 2.75) is 10.1 Å². The maximum absolute atomic E-state index is 12.2. The van der Waals surface area contributed by atoms with Gasteiger partial charge in [0.05, 0.1) is 14.2 Å². The summed E-state index contributed by atoms with van der Waals surface area (Å²) in [5.41, 5.74) is 1.67. The molecule has 0 atom stereocenters. The lowest BCUT2D eigenvalue weighted by atomic mass is 10.2. The number of carbonyl (C=O) groups excluding carboxylic acids is 1. The van der Waals surface area contributed by atoms with Gasteiger partial charge in [-0.15, -0.1) is 10.2 Å². The van der Waals surface area contributed by atoms with E-state index in [1.54, 1.807) is 50.2 Å². The molecule has 26 heavy (non-hydrogen) atoms. The van der Waals surface area contributed by atoms with Crippen molar-refractivity contribution in [3.63, 3.8) is 0 Å². The van der Waals surface area contributed by atoms with Crippen LogP contribution >= 0.6 is 23.1 Å². The van der Waals surface area contributed by atoms with Gasteiger partial charge < -0.3 is 9.47 Å². The molecular weight excluding hydrogens is 370 g/mol. The van der Waals surface area contributed by atoms with E-state index in [0.717, 1.165) is 21.4 Å². The standard InChI is InChI=1S/C18H17N3O3S2/c1-23-14-8-6-13(7-9-14)16(22)19-17-20-21-18(26-17)25-11-12-4-3-5-15(10-12)24-2/h3-10H,11H2,1-2H3,(H,19,20,22). The number of thioether (sulfide) groups is 1. The number of rotatable bonds is 7. The van der Waals surface area contributed by atoms with Crippen LogP contribution in [0.25, 0.3) is 0 Å². The van der Waals surface area contributed by atoms with Crippen LogP contribution in [0.2, 0.25) is 0 Å². The summed E-state index contributed by atoms with van der Waals surface area (Å²) in [4.78, 5) is 12.2. The number of ether oxygens (including phenoxy) is 2. The van der Waals surface area contributed by atoms with Crippen LogP contribution in [0.4, 0.5) is 5.13 Å². The Morgan fingerprint density at radius 1 is 1.08 bits per heavy atom. The Morgan fingerprint density at radius 2 is 1.85 bits per heavy atom. The highest BCUT2D eigenvalue weighted by Crippen LogP contribution is 2.29. The van der Waals surface area contributed by atoms with Gasteiger partial charge in [0.1, 0.15) is 11.5 Å². The van der Waals surface area contributed by atoms with E-state index in [9.17, 15) is 4.79 Å². The number of amides is 1. The zero-order valence-corrected chi connectivity index (χ0v) is 15.9. The van der Waals surface area contributed by atoms with Gasteiger partial charge in [-0.25, -0.2) is 0 Å². The molecule has 0 saturated heterocycles. The molecule has 3 aromatic rings. The molecule has 2 aromatic carbocycles. The van der Waals surface area contributed by atoms with Crippen LogP contribution in [0, 0.1) is 0 Å². The number of hydrogen-bond donors (Lipinski definition) is 1. The van der Waals surface area contributed by atoms with Crippen molar-refractivity contribution >= 4 is 34.1 Å². The average molecular weight is 387 g/mol. The van der Waals surface area contributed by atoms with Gasteiger partial charge in [0.2, 0.25) is 5.13 Å². The third-order valence-corrected chi connectivity index (χ3v) is 5.52. The third-order valence-electron chi connectivity index (χ3n) is 3.48. The number of methoxy groups -OCH3 is 2. The monoisotopic (exact) mass is 387 g/mol. The fourth-order valence-electron chi connectivity index (χ4n) is 2.14.